The average molecular weight is 435 g/mol. The predicted molar refractivity (Wildman–Crippen MR) is 113 cm³/mol. The number of pyridine rings is 2. The second-order valence-corrected chi connectivity index (χ2v) is 7.06. The minimum Gasteiger partial charge on any atom is -0.368 e. The molecule has 0 fully saturated rings. The van der Waals surface area contributed by atoms with Crippen LogP contribution in [0.25, 0.3) is 33.5 Å². The van der Waals surface area contributed by atoms with Crippen LogP contribution in [0.2, 0.25) is 0 Å². The van der Waals surface area contributed by atoms with Crippen molar-refractivity contribution in [1.29, 1.82) is 0 Å². The van der Waals surface area contributed by atoms with E-state index >= 15 is 0 Å². The van der Waals surface area contributed by atoms with Crippen molar-refractivity contribution < 1.29 is 4.79 Å². The summed E-state index contributed by atoms with van der Waals surface area (Å²) in [5.74, 6) is 0.160. The van der Waals surface area contributed by atoms with Crippen molar-refractivity contribution in [3.8, 4) is 22.5 Å². The Kier molecular flexibility index (Phi) is 4.70. The molecule has 8 heteroatoms. The minimum absolute atomic E-state index is 0.160. The summed E-state index contributed by atoms with van der Waals surface area (Å²) >= 11 is 3.51. The maximum absolute atomic E-state index is 10.9. The maximum atomic E-state index is 10.9. The molecule has 0 bridgehead atoms. The number of benzene rings is 1. The summed E-state index contributed by atoms with van der Waals surface area (Å²) in [7, 11) is 1.67. The molecule has 4 aromatic rings. The molecule has 3 heterocycles. The van der Waals surface area contributed by atoms with Crippen LogP contribution in [0, 0.1) is 0 Å². The van der Waals surface area contributed by atoms with E-state index in [0.717, 1.165) is 27.4 Å². The zero-order valence-corrected chi connectivity index (χ0v) is 16.5. The highest BCUT2D eigenvalue weighted by Crippen LogP contribution is 2.32. The third-order valence-corrected chi connectivity index (χ3v) is 4.79. The van der Waals surface area contributed by atoms with Crippen molar-refractivity contribution in [3.05, 3.63) is 59.3 Å². The normalized spacial score (nSPS) is 10.8. The highest BCUT2D eigenvalue weighted by molar-refractivity contribution is 9.10. The molecule has 0 aliphatic rings. The first kappa shape index (κ1) is 18.0. The Balaban J connectivity index is 1.91. The lowest BCUT2D eigenvalue weighted by atomic mass is 10.0. The number of hydrogen-bond donors (Lipinski definition) is 1. The van der Waals surface area contributed by atoms with E-state index < -0.39 is 0 Å². The van der Waals surface area contributed by atoms with Gasteiger partial charge in [-0.2, -0.15) is 4.98 Å². The van der Waals surface area contributed by atoms with Gasteiger partial charge in [-0.05, 0) is 41.5 Å². The molecule has 4 rings (SSSR count). The molecule has 0 aliphatic heterocycles. The summed E-state index contributed by atoms with van der Waals surface area (Å²) in [6.07, 6.45) is 4.04. The van der Waals surface area contributed by atoms with Crippen molar-refractivity contribution in [2.45, 2.75) is 0 Å². The first-order chi connectivity index (χ1) is 13.5. The Morgan fingerprint density at radius 2 is 1.89 bits per heavy atom. The fraction of sp³-hybridized carbons (Fsp3) is 0.0500. The molecule has 138 valence electrons. The number of aromatic nitrogens is 4. The number of nitrogen functional groups attached to an aromatic ring is 1. The SMILES string of the molecule is CN(C=O)c1ccc(-c2cc(-c3cccc(Br)c3)c3cnc(N)nc3n2)nc1. The van der Waals surface area contributed by atoms with Gasteiger partial charge in [0, 0.05) is 23.1 Å². The quantitative estimate of drug-likeness (QED) is 0.491. The Labute approximate surface area is 169 Å². The number of halogens is 1. The van der Waals surface area contributed by atoms with Crippen LogP contribution in [0.4, 0.5) is 11.6 Å². The lowest BCUT2D eigenvalue weighted by molar-refractivity contribution is -0.107. The van der Waals surface area contributed by atoms with Crippen LogP contribution in [-0.2, 0) is 4.79 Å². The van der Waals surface area contributed by atoms with Gasteiger partial charge in [-0.1, -0.05) is 28.1 Å². The molecule has 7 nitrogen and oxygen atoms in total. The zero-order chi connectivity index (χ0) is 19.7. The molecule has 0 unspecified atom stereocenters. The minimum atomic E-state index is 0.160. The van der Waals surface area contributed by atoms with Crippen LogP contribution in [0.1, 0.15) is 0 Å². The molecule has 0 atom stereocenters. The van der Waals surface area contributed by atoms with Gasteiger partial charge >= 0.3 is 0 Å². The largest absolute Gasteiger partial charge is 0.368 e. The molecule has 28 heavy (non-hydrogen) atoms. The third-order valence-electron chi connectivity index (χ3n) is 4.30. The maximum Gasteiger partial charge on any atom is 0.222 e. The van der Waals surface area contributed by atoms with E-state index in [1.54, 1.807) is 19.4 Å². The molecule has 3 aromatic heterocycles. The molecule has 0 radical (unpaired) electrons. The lowest BCUT2D eigenvalue weighted by Gasteiger charge is -2.12. The Hall–Kier alpha value is -3.39. The predicted octanol–water partition coefficient (Wildman–Crippen LogP) is 3.69. The van der Waals surface area contributed by atoms with Gasteiger partial charge in [-0.15, -0.1) is 0 Å². The Bertz CT molecular complexity index is 1180. The van der Waals surface area contributed by atoms with Crippen molar-refractivity contribution in [3.63, 3.8) is 0 Å². The summed E-state index contributed by atoms with van der Waals surface area (Å²) in [5.41, 5.74) is 10.2. The summed E-state index contributed by atoms with van der Waals surface area (Å²) in [6.45, 7) is 0. The molecule has 1 aromatic carbocycles. The monoisotopic (exact) mass is 434 g/mol. The number of fused-ring (bicyclic) bond motifs is 1. The Morgan fingerprint density at radius 1 is 1.04 bits per heavy atom. The number of carbonyl (C=O) groups is 1. The molecular weight excluding hydrogens is 420 g/mol. The van der Waals surface area contributed by atoms with E-state index in [1.807, 2.05) is 42.5 Å². The number of nitrogens with zero attached hydrogens (tertiary/aromatic N) is 5. The van der Waals surface area contributed by atoms with Crippen LogP contribution in [-0.4, -0.2) is 33.4 Å². The first-order valence-corrected chi connectivity index (χ1v) is 9.18. The zero-order valence-electron chi connectivity index (χ0n) is 14.9. The van der Waals surface area contributed by atoms with Crippen LogP contribution >= 0.6 is 15.9 Å². The second-order valence-electron chi connectivity index (χ2n) is 6.15. The fourth-order valence-corrected chi connectivity index (χ4v) is 3.25. The summed E-state index contributed by atoms with van der Waals surface area (Å²) < 4.78 is 0.965. The standard InChI is InChI=1S/C20H15BrN6O/c1-27(11-28)14-5-6-17(23-9-14)18-8-15(12-3-2-4-13(21)7-12)16-10-24-20(22)26-19(16)25-18/h2-11H,1H3,(H2,22,24,25,26). The third kappa shape index (κ3) is 3.41. The van der Waals surface area contributed by atoms with E-state index in [0.29, 0.717) is 22.7 Å². The van der Waals surface area contributed by atoms with Crippen molar-refractivity contribution in [2.75, 3.05) is 17.7 Å². The van der Waals surface area contributed by atoms with Gasteiger partial charge in [0.05, 0.1) is 23.3 Å². The number of nitrogens with two attached hydrogens (primary N) is 1. The smallest absolute Gasteiger partial charge is 0.222 e. The lowest BCUT2D eigenvalue weighted by Crippen LogP contribution is -2.13. The molecular formula is C20H15BrN6O. The molecule has 0 aliphatic carbocycles. The number of hydrogen-bond acceptors (Lipinski definition) is 6. The molecule has 0 spiro atoms. The van der Waals surface area contributed by atoms with Gasteiger partial charge in [-0.3, -0.25) is 9.78 Å². The van der Waals surface area contributed by atoms with Gasteiger partial charge in [0.1, 0.15) is 0 Å². The van der Waals surface area contributed by atoms with Gasteiger partial charge in [0.2, 0.25) is 12.4 Å². The molecule has 1 amide bonds. The highest BCUT2D eigenvalue weighted by Gasteiger charge is 2.13. The van der Waals surface area contributed by atoms with Crippen LogP contribution in [0.15, 0.2) is 59.3 Å². The van der Waals surface area contributed by atoms with E-state index in [1.165, 1.54) is 4.90 Å². The van der Waals surface area contributed by atoms with E-state index in [-0.39, 0.29) is 5.95 Å². The van der Waals surface area contributed by atoms with Crippen LogP contribution in [0.5, 0.6) is 0 Å². The van der Waals surface area contributed by atoms with Gasteiger partial charge in [0.15, 0.2) is 5.65 Å². The molecule has 0 saturated heterocycles. The highest BCUT2D eigenvalue weighted by atomic mass is 79.9. The van der Waals surface area contributed by atoms with E-state index in [2.05, 4.69) is 35.9 Å². The summed E-state index contributed by atoms with van der Waals surface area (Å²) in [6, 6.07) is 13.5. The van der Waals surface area contributed by atoms with Crippen molar-refractivity contribution in [1.82, 2.24) is 19.9 Å². The van der Waals surface area contributed by atoms with Gasteiger partial charge < -0.3 is 10.6 Å². The van der Waals surface area contributed by atoms with Crippen molar-refractivity contribution >= 4 is 45.0 Å². The molecule has 0 saturated carbocycles. The number of carbonyl (C=O) groups excluding carboxylic acids is 1. The number of rotatable bonds is 4. The average Bonchev–Trinajstić information content (AvgIpc) is 2.72. The topological polar surface area (TPSA) is 97.9 Å². The molecule has 2 N–H and O–H groups in total. The van der Waals surface area contributed by atoms with E-state index in [4.69, 9.17) is 5.73 Å². The van der Waals surface area contributed by atoms with Crippen LogP contribution in [0.3, 0.4) is 0 Å². The van der Waals surface area contributed by atoms with E-state index in [9.17, 15) is 4.79 Å². The second kappa shape index (κ2) is 7.32. The summed E-state index contributed by atoms with van der Waals surface area (Å²) in [4.78, 5) is 29.9. The van der Waals surface area contributed by atoms with Gasteiger partial charge in [0.25, 0.3) is 0 Å². The fourth-order valence-electron chi connectivity index (χ4n) is 2.86. The van der Waals surface area contributed by atoms with Crippen LogP contribution < -0.4 is 10.6 Å². The van der Waals surface area contributed by atoms with Gasteiger partial charge in [-0.25, -0.2) is 9.97 Å². The van der Waals surface area contributed by atoms with Crippen molar-refractivity contribution in [2.24, 2.45) is 0 Å². The number of anilines is 2. The number of amides is 1. The Morgan fingerprint density at radius 3 is 2.61 bits per heavy atom. The summed E-state index contributed by atoms with van der Waals surface area (Å²) in [5, 5.41) is 0.799. The first-order valence-electron chi connectivity index (χ1n) is 8.39.